The molecular weight excluding hydrogens is 166 g/mol. The Labute approximate surface area is 76.2 Å². The second kappa shape index (κ2) is 3.68. The zero-order valence-corrected chi connectivity index (χ0v) is 7.46. The van der Waals surface area contributed by atoms with E-state index < -0.39 is 0 Å². The lowest BCUT2D eigenvalue weighted by Gasteiger charge is -2.03. The highest BCUT2D eigenvalue weighted by molar-refractivity contribution is 5.88. The molecule has 0 saturated heterocycles. The molecule has 0 aliphatic heterocycles. The van der Waals surface area contributed by atoms with Gasteiger partial charge in [-0.2, -0.15) is 5.26 Å². The van der Waals surface area contributed by atoms with Crippen LogP contribution in [0.4, 0.5) is 5.82 Å². The quantitative estimate of drug-likeness (QED) is 0.697. The molecule has 1 aromatic rings. The SMILES string of the molecule is CC(=O)Nc1nc(C)ccc1C#N. The summed E-state index contributed by atoms with van der Waals surface area (Å²) in [5.41, 5.74) is 1.14. The molecule has 0 atom stereocenters. The second-order valence-corrected chi connectivity index (χ2v) is 2.64. The normalized spacial score (nSPS) is 9.00. The maximum Gasteiger partial charge on any atom is 0.222 e. The Balaban J connectivity index is 3.10. The topological polar surface area (TPSA) is 65.8 Å². The summed E-state index contributed by atoms with van der Waals surface area (Å²) in [4.78, 5) is 14.8. The first-order chi connectivity index (χ1) is 6.13. The van der Waals surface area contributed by atoms with Crippen molar-refractivity contribution in [1.29, 1.82) is 5.26 Å². The molecule has 13 heavy (non-hydrogen) atoms. The summed E-state index contributed by atoms with van der Waals surface area (Å²) in [7, 11) is 0. The van der Waals surface area contributed by atoms with Gasteiger partial charge in [0.15, 0.2) is 5.82 Å². The highest BCUT2D eigenvalue weighted by Crippen LogP contribution is 2.11. The van der Waals surface area contributed by atoms with E-state index in [0.29, 0.717) is 11.4 Å². The molecule has 0 bridgehead atoms. The lowest BCUT2D eigenvalue weighted by molar-refractivity contribution is -0.114. The minimum absolute atomic E-state index is 0.227. The molecule has 0 aliphatic carbocycles. The Morgan fingerprint density at radius 2 is 2.31 bits per heavy atom. The van der Waals surface area contributed by atoms with Gasteiger partial charge in [0.1, 0.15) is 6.07 Å². The van der Waals surface area contributed by atoms with E-state index in [2.05, 4.69) is 10.3 Å². The molecule has 0 aliphatic rings. The van der Waals surface area contributed by atoms with Crippen molar-refractivity contribution in [3.8, 4) is 6.07 Å². The summed E-state index contributed by atoms with van der Waals surface area (Å²) in [6.45, 7) is 3.18. The fourth-order valence-electron chi connectivity index (χ4n) is 0.909. The number of carbonyl (C=O) groups excluding carboxylic acids is 1. The Kier molecular flexibility index (Phi) is 2.60. The fourth-order valence-corrected chi connectivity index (χ4v) is 0.909. The van der Waals surface area contributed by atoms with Crippen LogP contribution in [0, 0.1) is 18.3 Å². The van der Waals surface area contributed by atoms with Crippen LogP contribution in [0.25, 0.3) is 0 Å². The van der Waals surface area contributed by atoms with Crippen molar-refractivity contribution >= 4 is 11.7 Å². The second-order valence-electron chi connectivity index (χ2n) is 2.64. The van der Waals surface area contributed by atoms with Gasteiger partial charge >= 0.3 is 0 Å². The summed E-state index contributed by atoms with van der Waals surface area (Å²) >= 11 is 0. The lowest BCUT2D eigenvalue weighted by atomic mass is 10.2. The van der Waals surface area contributed by atoms with E-state index in [4.69, 9.17) is 5.26 Å². The molecule has 0 fully saturated rings. The molecule has 66 valence electrons. The molecule has 0 saturated carbocycles. The van der Waals surface area contributed by atoms with Crippen LogP contribution in [-0.2, 0) is 4.79 Å². The van der Waals surface area contributed by atoms with Gasteiger partial charge < -0.3 is 5.32 Å². The molecule has 1 heterocycles. The molecular formula is C9H9N3O. The van der Waals surface area contributed by atoms with Gasteiger partial charge in [-0.05, 0) is 19.1 Å². The van der Waals surface area contributed by atoms with Gasteiger partial charge in [0.2, 0.25) is 5.91 Å². The van der Waals surface area contributed by atoms with E-state index in [9.17, 15) is 4.79 Å². The summed E-state index contributed by atoms with van der Waals surface area (Å²) in [6.07, 6.45) is 0. The third-order valence-corrected chi connectivity index (χ3v) is 1.45. The molecule has 0 aromatic carbocycles. The van der Waals surface area contributed by atoms with Gasteiger partial charge in [-0.1, -0.05) is 0 Å². The van der Waals surface area contributed by atoms with Crippen molar-refractivity contribution in [3.63, 3.8) is 0 Å². The van der Waals surface area contributed by atoms with Gasteiger partial charge in [-0.15, -0.1) is 0 Å². The van der Waals surface area contributed by atoms with Gasteiger partial charge in [-0.25, -0.2) is 4.98 Å². The fraction of sp³-hybridized carbons (Fsp3) is 0.222. The highest BCUT2D eigenvalue weighted by atomic mass is 16.1. The number of pyridine rings is 1. The van der Waals surface area contributed by atoms with Crippen LogP contribution in [0.3, 0.4) is 0 Å². The standard InChI is InChI=1S/C9H9N3O/c1-6-3-4-8(5-10)9(11-6)12-7(2)13/h3-4H,1-2H3,(H,11,12,13). The Hall–Kier alpha value is -1.89. The zero-order chi connectivity index (χ0) is 9.84. The summed E-state index contributed by atoms with van der Waals surface area (Å²) in [6, 6.07) is 5.31. The molecule has 1 amide bonds. The number of hydrogen-bond donors (Lipinski definition) is 1. The van der Waals surface area contributed by atoms with E-state index in [1.807, 2.05) is 6.07 Å². The van der Waals surface area contributed by atoms with Crippen molar-refractivity contribution in [1.82, 2.24) is 4.98 Å². The van der Waals surface area contributed by atoms with Gasteiger partial charge in [0.05, 0.1) is 5.56 Å². The Morgan fingerprint density at radius 1 is 1.62 bits per heavy atom. The monoisotopic (exact) mass is 175 g/mol. The maximum atomic E-state index is 10.7. The number of nitriles is 1. The van der Waals surface area contributed by atoms with Crippen LogP contribution >= 0.6 is 0 Å². The van der Waals surface area contributed by atoms with Gasteiger partial charge in [-0.3, -0.25) is 4.79 Å². The molecule has 1 aromatic heterocycles. The average Bonchev–Trinajstić information content (AvgIpc) is 2.03. The van der Waals surface area contributed by atoms with Crippen LogP contribution in [0.15, 0.2) is 12.1 Å². The van der Waals surface area contributed by atoms with E-state index in [1.54, 1.807) is 19.1 Å². The van der Waals surface area contributed by atoms with Crippen molar-refractivity contribution in [2.24, 2.45) is 0 Å². The molecule has 1 N–H and O–H groups in total. The highest BCUT2D eigenvalue weighted by Gasteiger charge is 2.04. The first kappa shape index (κ1) is 9.20. The smallest absolute Gasteiger partial charge is 0.222 e. The maximum absolute atomic E-state index is 10.7. The molecule has 0 radical (unpaired) electrons. The molecule has 4 heteroatoms. The molecule has 0 spiro atoms. The van der Waals surface area contributed by atoms with E-state index in [-0.39, 0.29) is 5.91 Å². The van der Waals surface area contributed by atoms with Crippen LogP contribution in [0.1, 0.15) is 18.2 Å². The first-order valence-electron chi connectivity index (χ1n) is 3.79. The van der Waals surface area contributed by atoms with Crippen LogP contribution in [0.2, 0.25) is 0 Å². The number of nitrogens with zero attached hydrogens (tertiary/aromatic N) is 2. The van der Waals surface area contributed by atoms with Crippen molar-refractivity contribution in [3.05, 3.63) is 23.4 Å². The number of amides is 1. The third-order valence-electron chi connectivity index (χ3n) is 1.45. The lowest BCUT2D eigenvalue weighted by Crippen LogP contribution is -2.09. The summed E-state index contributed by atoms with van der Waals surface area (Å²) in [5.74, 6) is 0.101. The predicted molar refractivity (Wildman–Crippen MR) is 48.0 cm³/mol. The molecule has 0 unspecified atom stereocenters. The van der Waals surface area contributed by atoms with Crippen LogP contribution < -0.4 is 5.32 Å². The van der Waals surface area contributed by atoms with Gasteiger partial charge in [0.25, 0.3) is 0 Å². The number of anilines is 1. The predicted octanol–water partition coefficient (Wildman–Crippen LogP) is 1.22. The number of aryl methyl sites for hydroxylation is 1. The Morgan fingerprint density at radius 3 is 2.85 bits per heavy atom. The molecule has 1 rings (SSSR count). The number of nitrogens with one attached hydrogen (secondary N) is 1. The van der Waals surface area contributed by atoms with E-state index in [1.165, 1.54) is 6.92 Å². The Bertz CT molecular complexity index is 379. The minimum atomic E-state index is -0.227. The number of carbonyl (C=O) groups is 1. The van der Waals surface area contributed by atoms with Crippen molar-refractivity contribution in [2.75, 3.05) is 5.32 Å². The van der Waals surface area contributed by atoms with E-state index >= 15 is 0 Å². The van der Waals surface area contributed by atoms with E-state index in [0.717, 1.165) is 5.69 Å². The number of hydrogen-bond acceptors (Lipinski definition) is 3. The van der Waals surface area contributed by atoms with Crippen LogP contribution in [-0.4, -0.2) is 10.9 Å². The summed E-state index contributed by atoms with van der Waals surface area (Å²) in [5, 5.41) is 11.2. The largest absolute Gasteiger partial charge is 0.310 e. The zero-order valence-electron chi connectivity index (χ0n) is 7.46. The summed E-state index contributed by atoms with van der Waals surface area (Å²) < 4.78 is 0. The molecule has 4 nitrogen and oxygen atoms in total. The average molecular weight is 175 g/mol. The number of aromatic nitrogens is 1. The third kappa shape index (κ3) is 2.27. The van der Waals surface area contributed by atoms with Gasteiger partial charge in [0, 0.05) is 12.6 Å². The first-order valence-corrected chi connectivity index (χ1v) is 3.79. The van der Waals surface area contributed by atoms with Crippen molar-refractivity contribution < 1.29 is 4.79 Å². The van der Waals surface area contributed by atoms with Crippen molar-refractivity contribution in [2.45, 2.75) is 13.8 Å². The minimum Gasteiger partial charge on any atom is -0.310 e. The van der Waals surface area contributed by atoms with Crippen LogP contribution in [0.5, 0.6) is 0 Å². The number of rotatable bonds is 1.